The zero-order valence-corrected chi connectivity index (χ0v) is 12.8. The van der Waals surface area contributed by atoms with Crippen LogP contribution in [0.1, 0.15) is 32.6 Å². The van der Waals surface area contributed by atoms with E-state index in [1.165, 1.54) is 12.8 Å². The Morgan fingerprint density at radius 3 is 2.45 bits per heavy atom. The molecule has 0 aliphatic heterocycles. The van der Waals surface area contributed by atoms with Gasteiger partial charge in [0.15, 0.2) is 0 Å². The maximum Gasteiger partial charge on any atom is 0.240 e. The smallest absolute Gasteiger partial charge is 0.240 e. The first kappa shape index (κ1) is 16.9. The highest BCUT2D eigenvalue weighted by atomic mass is 32.2. The van der Waals surface area contributed by atoms with Crippen molar-refractivity contribution in [3.8, 4) is 5.75 Å². The number of nitrogens with two attached hydrogens (primary N) is 1. The molecule has 0 aromatic heterocycles. The van der Waals surface area contributed by atoms with Gasteiger partial charge in [-0.1, -0.05) is 26.2 Å². The van der Waals surface area contributed by atoms with Gasteiger partial charge in [-0.2, -0.15) is 0 Å². The fourth-order valence-electron chi connectivity index (χ4n) is 1.71. The molecule has 0 atom stereocenters. The van der Waals surface area contributed by atoms with Crippen LogP contribution < -0.4 is 15.2 Å². The molecule has 3 N–H and O–H groups in total. The molecule has 0 bridgehead atoms. The molecular weight excluding hydrogens is 276 g/mol. The van der Waals surface area contributed by atoms with E-state index in [0.29, 0.717) is 12.4 Å². The van der Waals surface area contributed by atoms with Gasteiger partial charge in [-0.25, -0.2) is 13.1 Å². The molecule has 0 fully saturated rings. The van der Waals surface area contributed by atoms with Crippen LogP contribution in [0.25, 0.3) is 0 Å². The van der Waals surface area contributed by atoms with Crippen molar-refractivity contribution in [2.45, 2.75) is 37.5 Å². The Kier molecular flexibility index (Phi) is 7.58. The summed E-state index contributed by atoms with van der Waals surface area (Å²) in [7, 11) is -3.46. The summed E-state index contributed by atoms with van der Waals surface area (Å²) in [4.78, 5) is 0.226. The predicted octanol–water partition coefficient (Wildman–Crippen LogP) is 1.88. The van der Waals surface area contributed by atoms with E-state index in [4.69, 9.17) is 10.5 Å². The van der Waals surface area contributed by atoms with Crippen molar-refractivity contribution in [3.05, 3.63) is 24.3 Å². The van der Waals surface area contributed by atoms with E-state index < -0.39 is 10.0 Å². The first-order valence-electron chi connectivity index (χ1n) is 7.02. The standard InChI is InChI=1S/C14H24N2O3S/c1-2-3-4-5-12-19-13-6-8-14(9-7-13)20(17,18)16-11-10-15/h6-9,16H,2-5,10-12,15H2,1H3. The van der Waals surface area contributed by atoms with Crippen LogP contribution in [0.5, 0.6) is 5.75 Å². The van der Waals surface area contributed by atoms with E-state index in [1.807, 2.05) is 0 Å². The molecule has 1 aromatic carbocycles. The van der Waals surface area contributed by atoms with E-state index in [1.54, 1.807) is 24.3 Å². The molecule has 0 spiro atoms. The number of sulfonamides is 1. The maximum atomic E-state index is 11.8. The topological polar surface area (TPSA) is 81.4 Å². The molecule has 0 saturated carbocycles. The minimum absolute atomic E-state index is 0.226. The van der Waals surface area contributed by atoms with Crippen LogP contribution in [-0.2, 0) is 10.0 Å². The molecule has 20 heavy (non-hydrogen) atoms. The predicted molar refractivity (Wildman–Crippen MR) is 80.3 cm³/mol. The molecule has 0 heterocycles. The van der Waals surface area contributed by atoms with Gasteiger partial charge in [-0.05, 0) is 30.7 Å². The first-order valence-corrected chi connectivity index (χ1v) is 8.51. The average Bonchev–Trinajstić information content (AvgIpc) is 2.45. The van der Waals surface area contributed by atoms with Crippen molar-refractivity contribution in [2.75, 3.05) is 19.7 Å². The van der Waals surface area contributed by atoms with Gasteiger partial charge in [0, 0.05) is 13.1 Å². The summed E-state index contributed by atoms with van der Waals surface area (Å²) >= 11 is 0. The van der Waals surface area contributed by atoms with Gasteiger partial charge in [-0.15, -0.1) is 0 Å². The van der Waals surface area contributed by atoms with E-state index in [9.17, 15) is 8.42 Å². The molecule has 0 aliphatic carbocycles. The molecule has 6 heteroatoms. The zero-order chi connectivity index (χ0) is 14.8. The van der Waals surface area contributed by atoms with Crippen LogP contribution >= 0.6 is 0 Å². The van der Waals surface area contributed by atoms with Crippen LogP contribution in [0.15, 0.2) is 29.2 Å². The summed E-state index contributed by atoms with van der Waals surface area (Å²) in [5.74, 6) is 0.694. The number of ether oxygens (including phenoxy) is 1. The molecule has 1 rings (SSSR count). The summed E-state index contributed by atoms with van der Waals surface area (Å²) in [5.41, 5.74) is 5.28. The number of rotatable bonds is 10. The van der Waals surface area contributed by atoms with Crippen LogP contribution in [0.2, 0.25) is 0 Å². The van der Waals surface area contributed by atoms with E-state index in [2.05, 4.69) is 11.6 Å². The van der Waals surface area contributed by atoms with Gasteiger partial charge >= 0.3 is 0 Å². The Morgan fingerprint density at radius 2 is 1.85 bits per heavy atom. The molecule has 0 aliphatic rings. The maximum absolute atomic E-state index is 11.8. The Labute approximate surface area is 121 Å². The second kappa shape index (κ2) is 8.94. The van der Waals surface area contributed by atoms with E-state index >= 15 is 0 Å². The van der Waals surface area contributed by atoms with E-state index in [0.717, 1.165) is 12.8 Å². The average molecular weight is 300 g/mol. The highest BCUT2D eigenvalue weighted by Crippen LogP contribution is 2.16. The monoisotopic (exact) mass is 300 g/mol. The Balaban J connectivity index is 2.47. The molecule has 1 aromatic rings. The van der Waals surface area contributed by atoms with Crippen molar-refractivity contribution in [1.82, 2.24) is 4.72 Å². The lowest BCUT2D eigenvalue weighted by atomic mass is 10.2. The summed E-state index contributed by atoms with van der Waals surface area (Å²) in [6.45, 7) is 3.34. The fourth-order valence-corrected chi connectivity index (χ4v) is 2.76. The van der Waals surface area contributed by atoms with Crippen LogP contribution in [-0.4, -0.2) is 28.1 Å². The summed E-state index contributed by atoms with van der Waals surface area (Å²) < 4.78 is 31.6. The largest absolute Gasteiger partial charge is 0.494 e. The molecule has 5 nitrogen and oxygen atoms in total. The molecule has 0 saturated heterocycles. The van der Waals surface area contributed by atoms with Gasteiger partial charge in [0.05, 0.1) is 11.5 Å². The minimum Gasteiger partial charge on any atom is -0.494 e. The minimum atomic E-state index is -3.46. The van der Waals surface area contributed by atoms with Crippen LogP contribution in [0.4, 0.5) is 0 Å². The zero-order valence-electron chi connectivity index (χ0n) is 12.0. The summed E-state index contributed by atoms with van der Waals surface area (Å²) in [6.07, 6.45) is 4.59. The second-order valence-corrected chi connectivity index (χ2v) is 6.33. The molecule has 0 unspecified atom stereocenters. The molecule has 0 amide bonds. The first-order chi connectivity index (χ1) is 9.60. The lowest BCUT2D eigenvalue weighted by Crippen LogP contribution is -2.29. The van der Waals surface area contributed by atoms with Crippen molar-refractivity contribution < 1.29 is 13.2 Å². The third kappa shape index (κ3) is 5.90. The lowest BCUT2D eigenvalue weighted by molar-refractivity contribution is 0.305. The Bertz CT molecular complexity index is 472. The van der Waals surface area contributed by atoms with Gasteiger partial charge in [0.25, 0.3) is 0 Å². The SMILES string of the molecule is CCCCCCOc1ccc(S(=O)(=O)NCCN)cc1. The van der Waals surface area contributed by atoms with Gasteiger partial charge in [0.1, 0.15) is 5.75 Å². The third-order valence-corrected chi connectivity index (χ3v) is 4.31. The number of hydrogen-bond donors (Lipinski definition) is 2. The molecule has 0 radical (unpaired) electrons. The number of hydrogen-bond acceptors (Lipinski definition) is 4. The van der Waals surface area contributed by atoms with Crippen molar-refractivity contribution >= 4 is 10.0 Å². The van der Waals surface area contributed by atoms with Gasteiger partial charge in [0.2, 0.25) is 10.0 Å². The summed E-state index contributed by atoms with van der Waals surface area (Å²) in [5, 5.41) is 0. The van der Waals surface area contributed by atoms with Gasteiger partial charge in [-0.3, -0.25) is 0 Å². The number of nitrogens with one attached hydrogen (secondary N) is 1. The highest BCUT2D eigenvalue weighted by molar-refractivity contribution is 7.89. The van der Waals surface area contributed by atoms with Crippen molar-refractivity contribution in [1.29, 1.82) is 0 Å². The number of benzene rings is 1. The lowest BCUT2D eigenvalue weighted by Gasteiger charge is -2.08. The highest BCUT2D eigenvalue weighted by Gasteiger charge is 2.12. The van der Waals surface area contributed by atoms with Crippen molar-refractivity contribution in [3.63, 3.8) is 0 Å². The quantitative estimate of drug-likeness (QED) is 0.646. The second-order valence-electron chi connectivity index (χ2n) is 4.57. The summed E-state index contributed by atoms with van der Waals surface area (Å²) in [6, 6.07) is 6.44. The Hall–Kier alpha value is -1.11. The van der Waals surface area contributed by atoms with Crippen LogP contribution in [0.3, 0.4) is 0 Å². The van der Waals surface area contributed by atoms with E-state index in [-0.39, 0.29) is 18.0 Å². The van der Waals surface area contributed by atoms with Crippen molar-refractivity contribution in [2.24, 2.45) is 5.73 Å². The normalized spacial score (nSPS) is 11.5. The third-order valence-electron chi connectivity index (χ3n) is 2.84. The van der Waals surface area contributed by atoms with Crippen LogP contribution in [0, 0.1) is 0 Å². The molecular formula is C14H24N2O3S. The molecule has 114 valence electrons. The Morgan fingerprint density at radius 1 is 1.15 bits per heavy atom. The fraction of sp³-hybridized carbons (Fsp3) is 0.571. The van der Waals surface area contributed by atoms with Gasteiger partial charge < -0.3 is 10.5 Å². The number of unbranched alkanes of at least 4 members (excludes halogenated alkanes) is 3.